The maximum Gasteiger partial charge on any atom is 0.218 e. The smallest absolute Gasteiger partial charge is 0.218 e. The van der Waals surface area contributed by atoms with Gasteiger partial charge in [-0.1, -0.05) is 12.8 Å². The molecule has 0 spiro atoms. The summed E-state index contributed by atoms with van der Waals surface area (Å²) in [7, 11) is 0. The first kappa shape index (κ1) is 13.5. The number of hydrogen-bond donors (Lipinski definition) is 1. The molecule has 1 heterocycles. The normalized spacial score (nSPS) is 17.7. The molecule has 0 amide bonds. The number of ether oxygens (including phenoxy) is 1. The Morgan fingerprint density at radius 1 is 1.39 bits per heavy atom. The first-order valence-corrected chi connectivity index (χ1v) is 7.74. The number of hydrogen-bond acceptors (Lipinski definition) is 5. The van der Waals surface area contributed by atoms with Crippen LogP contribution in [0.25, 0.3) is 0 Å². The van der Waals surface area contributed by atoms with Crippen LogP contribution in [0.2, 0.25) is 0 Å². The Bertz CT molecular complexity index is 380. The van der Waals surface area contributed by atoms with E-state index in [9.17, 15) is 0 Å². The number of anilines is 1. The third kappa shape index (κ3) is 3.28. The van der Waals surface area contributed by atoms with E-state index in [0.29, 0.717) is 17.2 Å². The molecule has 1 fully saturated rings. The summed E-state index contributed by atoms with van der Waals surface area (Å²) in [5.74, 6) is 1.49. The Labute approximate surface area is 113 Å². The maximum atomic E-state index is 5.37. The van der Waals surface area contributed by atoms with E-state index in [0.717, 1.165) is 12.4 Å². The number of aromatic nitrogens is 2. The fourth-order valence-corrected chi connectivity index (χ4v) is 3.30. The van der Waals surface area contributed by atoms with Crippen LogP contribution in [0, 0.1) is 0 Å². The molecule has 1 aromatic heterocycles. The van der Waals surface area contributed by atoms with Crippen LogP contribution >= 0.6 is 11.8 Å². The van der Waals surface area contributed by atoms with Crippen LogP contribution in [0.4, 0.5) is 5.82 Å². The van der Waals surface area contributed by atoms with E-state index in [4.69, 9.17) is 4.74 Å². The first-order valence-electron chi connectivity index (χ1n) is 6.52. The molecule has 1 aliphatic rings. The molecule has 18 heavy (non-hydrogen) atoms. The molecule has 1 aromatic rings. The number of rotatable bonds is 6. The summed E-state index contributed by atoms with van der Waals surface area (Å²) >= 11 is 1.98. The standard InChI is InChI=1S/C13H21N3OS/c1-3-17-12-8-11(15-10-16-12)14-9-13(18-2)6-4-5-7-13/h8,10H,3-7,9H2,1-2H3,(H,14,15,16). The lowest BCUT2D eigenvalue weighted by molar-refractivity contribution is 0.326. The molecule has 2 rings (SSSR count). The van der Waals surface area contributed by atoms with Crippen LogP contribution in [0.1, 0.15) is 32.6 Å². The van der Waals surface area contributed by atoms with Crippen LogP contribution in [-0.2, 0) is 0 Å². The summed E-state index contributed by atoms with van der Waals surface area (Å²) < 4.78 is 5.76. The van der Waals surface area contributed by atoms with Crippen molar-refractivity contribution >= 4 is 17.6 Å². The van der Waals surface area contributed by atoms with E-state index in [1.807, 2.05) is 24.8 Å². The number of thioether (sulfide) groups is 1. The Hall–Kier alpha value is -0.970. The van der Waals surface area contributed by atoms with E-state index in [1.54, 1.807) is 6.33 Å². The summed E-state index contributed by atoms with van der Waals surface area (Å²) in [6.45, 7) is 3.55. The third-order valence-electron chi connectivity index (χ3n) is 3.47. The zero-order chi connectivity index (χ0) is 12.8. The number of nitrogens with one attached hydrogen (secondary N) is 1. The van der Waals surface area contributed by atoms with Gasteiger partial charge in [0.1, 0.15) is 12.1 Å². The molecular formula is C13H21N3OS. The lowest BCUT2D eigenvalue weighted by atomic mass is 10.1. The fraction of sp³-hybridized carbons (Fsp3) is 0.692. The zero-order valence-electron chi connectivity index (χ0n) is 11.1. The molecule has 1 aliphatic carbocycles. The van der Waals surface area contributed by atoms with Crippen molar-refractivity contribution in [3.05, 3.63) is 12.4 Å². The first-order chi connectivity index (χ1) is 8.78. The summed E-state index contributed by atoms with van der Waals surface area (Å²) in [5, 5.41) is 3.43. The van der Waals surface area contributed by atoms with Gasteiger partial charge in [0, 0.05) is 17.4 Å². The van der Waals surface area contributed by atoms with Crippen molar-refractivity contribution in [2.75, 3.05) is 24.7 Å². The summed E-state index contributed by atoms with van der Waals surface area (Å²) in [4.78, 5) is 8.30. The number of nitrogens with zero attached hydrogens (tertiary/aromatic N) is 2. The Balaban J connectivity index is 1.94. The van der Waals surface area contributed by atoms with Crippen molar-refractivity contribution in [3.8, 4) is 5.88 Å². The Morgan fingerprint density at radius 2 is 2.17 bits per heavy atom. The van der Waals surface area contributed by atoms with E-state index >= 15 is 0 Å². The van der Waals surface area contributed by atoms with Crippen molar-refractivity contribution in [2.24, 2.45) is 0 Å². The highest BCUT2D eigenvalue weighted by Crippen LogP contribution is 2.40. The van der Waals surface area contributed by atoms with Crippen LogP contribution in [0.3, 0.4) is 0 Å². The van der Waals surface area contributed by atoms with Gasteiger partial charge in [0.15, 0.2) is 0 Å². The van der Waals surface area contributed by atoms with E-state index in [2.05, 4.69) is 21.5 Å². The van der Waals surface area contributed by atoms with Gasteiger partial charge < -0.3 is 10.1 Å². The van der Waals surface area contributed by atoms with Crippen LogP contribution in [-0.4, -0.2) is 34.1 Å². The average Bonchev–Trinajstić information content (AvgIpc) is 2.87. The SMILES string of the molecule is CCOc1cc(NCC2(SC)CCCC2)ncn1. The highest BCUT2D eigenvalue weighted by atomic mass is 32.2. The molecule has 5 heteroatoms. The predicted octanol–water partition coefficient (Wildman–Crippen LogP) is 2.96. The predicted molar refractivity (Wildman–Crippen MR) is 76.4 cm³/mol. The largest absolute Gasteiger partial charge is 0.478 e. The molecule has 100 valence electrons. The summed E-state index contributed by atoms with van der Waals surface area (Å²) in [6, 6.07) is 1.87. The molecule has 1 saturated carbocycles. The molecule has 4 nitrogen and oxygen atoms in total. The van der Waals surface area contributed by atoms with Gasteiger partial charge in [-0.25, -0.2) is 9.97 Å². The minimum atomic E-state index is 0.386. The minimum Gasteiger partial charge on any atom is -0.478 e. The monoisotopic (exact) mass is 267 g/mol. The topological polar surface area (TPSA) is 47.0 Å². The fourth-order valence-electron chi connectivity index (χ4n) is 2.39. The second-order valence-corrected chi connectivity index (χ2v) is 5.90. The summed E-state index contributed by atoms with van der Waals surface area (Å²) in [5.41, 5.74) is 0. The van der Waals surface area contributed by atoms with Crippen molar-refractivity contribution < 1.29 is 4.74 Å². The van der Waals surface area contributed by atoms with Gasteiger partial charge in [0.25, 0.3) is 0 Å². The van der Waals surface area contributed by atoms with Gasteiger partial charge >= 0.3 is 0 Å². The molecule has 0 atom stereocenters. The van der Waals surface area contributed by atoms with Crippen LogP contribution < -0.4 is 10.1 Å². The highest BCUT2D eigenvalue weighted by molar-refractivity contribution is 8.00. The second kappa shape index (κ2) is 6.27. The van der Waals surface area contributed by atoms with Gasteiger partial charge in [-0.15, -0.1) is 0 Å². The highest BCUT2D eigenvalue weighted by Gasteiger charge is 2.32. The summed E-state index contributed by atoms with van der Waals surface area (Å²) in [6.07, 6.45) is 9.04. The minimum absolute atomic E-state index is 0.386. The molecule has 0 radical (unpaired) electrons. The quantitative estimate of drug-likeness (QED) is 0.858. The van der Waals surface area contributed by atoms with Gasteiger partial charge in [0.05, 0.1) is 6.61 Å². The van der Waals surface area contributed by atoms with Gasteiger partial charge in [-0.3, -0.25) is 0 Å². The average molecular weight is 267 g/mol. The second-order valence-electron chi connectivity index (χ2n) is 4.62. The molecule has 0 bridgehead atoms. The van der Waals surface area contributed by atoms with Crippen molar-refractivity contribution in [1.29, 1.82) is 0 Å². The molecule has 0 aromatic carbocycles. The van der Waals surface area contributed by atoms with Crippen LogP contribution in [0.15, 0.2) is 12.4 Å². The van der Waals surface area contributed by atoms with Crippen molar-refractivity contribution in [3.63, 3.8) is 0 Å². The Morgan fingerprint density at radius 3 is 2.83 bits per heavy atom. The lowest BCUT2D eigenvalue weighted by Gasteiger charge is -2.27. The van der Waals surface area contributed by atoms with E-state index in [1.165, 1.54) is 25.7 Å². The van der Waals surface area contributed by atoms with Gasteiger partial charge in [0.2, 0.25) is 5.88 Å². The van der Waals surface area contributed by atoms with Gasteiger partial charge in [-0.05, 0) is 26.0 Å². The molecule has 0 saturated heterocycles. The maximum absolute atomic E-state index is 5.37. The Kier molecular flexibility index (Phi) is 4.69. The lowest BCUT2D eigenvalue weighted by Crippen LogP contribution is -2.30. The van der Waals surface area contributed by atoms with Crippen LogP contribution in [0.5, 0.6) is 5.88 Å². The molecular weight excluding hydrogens is 246 g/mol. The van der Waals surface area contributed by atoms with Crippen molar-refractivity contribution in [1.82, 2.24) is 9.97 Å². The van der Waals surface area contributed by atoms with Crippen molar-refractivity contribution in [2.45, 2.75) is 37.4 Å². The van der Waals surface area contributed by atoms with E-state index in [-0.39, 0.29) is 0 Å². The zero-order valence-corrected chi connectivity index (χ0v) is 11.9. The third-order valence-corrected chi connectivity index (χ3v) is 4.89. The molecule has 1 N–H and O–H groups in total. The molecule has 0 aliphatic heterocycles. The van der Waals surface area contributed by atoms with E-state index < -0.39 is 0 Å². The van der Waals surface area contributed by atoms with Gasteiger partial charge in [-0.2, -0.15) is 11.8 Å². The molecule has 0 unspecified atom stereocenters.